The lowest BCUT2D eigenvalue weighted by Crippen LogP contribution is -2.48. The summed E-state index contributed by atoms with van der Waals surface area (Å²) in [7, 11) is -3.52. The molecule has 1 fully saturated rings. The van der Waals surface area contributed by atoms with Gasteiger partial charge in [-0.25, -0.2) is 8.42 Å². The summed E-state index contributed by atoms with van der Waals surface area (Å²) in [6.07, 6.45) is 1.30. The van der Waals surface area contributed by atoms with Gasteiger partial charge >= 0.3 is 5.97 Å². The van der Waals surface area contributed by atoms with Crippen molar-refractivity contribution in [1.82, 2.24) is 4.31 Å². The maximum Gasteiger partial charge on any atom is 0.307 e. The van der Waals surface area contributed by atoms with E-state index in [9.17, 15) is 13.2 Å². The molecular formula is C13H22N2O4S. The van der Waals surface area contributed by atoms with Crippen molar-refractivity contribution in [3.05, 3.63) is 0 Å². The summed E-state index contributed by atoms with van der Waals surface area (Å²) in [5, 5.41) is 18.0. The SMILES string of the molecule is CC1CCC(C(=O)O)CN1S(=O)(=O)CCC(C)(C)C#N. The summed E-state index contributed by atoms with van der Waals surface area (Å²) in [6.45, 7) is 5.22. The van der Waals surface area contributed by atoms with E-state index >= 15 is 0 Å². The molecule has 0 aromatic carbocycles. The molecule has 1 aliphatic heterocycles. The van der Waals surface area contributed by atoms with Gasteiger partial charge in [-0.15, -0.1) is 0 Å². The van der Waals surface area contributed by atoms with Gasteiger partial charge in [-0.3, -0.25) is 4.79 Å². The van der Waals surface area contributed by atoms with Gasteiger partial charge in [0, 0.05) is 12.6 Å². The fraction of sp³-hybridized carbons (Fsp3) is 0.846. The number of aliphatic carboxylic acids is 1. The van der Waals surface area contributed by atoms with Crippen LogP contribution in [0.15, 0.2) is 0 Å². The molecule has 1 aliphatic rings. The molecule has 0 bridgehead atoms. The van der Waals surface area contributed by atoms with Crippen molar-refractivity contribution in [2.24, 2.45) is 11.3 Å². The van der Waals surface area contributed by atoms with E-state index in [0.29, 0.717) is 12.8 Å². The predicted molar refractivity (Wildman–Crippen MR) is 74.3 cm³/mol. The van der Waals surface area contributed by atoms with Gasteiger partial charge in [-0.2, -0.15) is 9.57 Å². The number of rotatable bonds is 5. The van der Waals surface area contributed by atoms with Gasteiger partial charge in [0.25, 0.3) is 0 Å². The van der Waals surface area contributed by atoms with E-state index in [-0.39, 0.29) is 24.8 Å². The molecule has 114 valence electrons. The molecule has 7 heteroatoms. The molecule has 1 heterocycles. The number of hydrogen-bond donors (Lipinski definition) is 1. The average molecular weight is 302 g/mol. The van der Waals surface area contributed by atoms with E-state index in [4.69, 9.17) is 10.4 Å². The Morgan fingerprint density at radius 2 is 2.05 bits per heavy atom. The van der Waals surface area contributed by atoms with Crippen molar-refractivity contribution >= 4 is 16.0 Å². The van der Waals surface area contributed by atoms with Gasteiger partial charge in [-0.1, -0.05) is 0 Å². The van der Waals surface area contributed by atoms with E-state index in [2.05, 4.69) is 6.07 Å². The molecule has 2 unspecified atom stereocenters. The molecule has 1 N–H and O–H groups in total. The molecule has 1 saturated heterocycles. The van der Waals surface area contributed by atoms with Crippen molar-refractivity contribution < 1.29 is 18.3 Å². The minimum atomic E-state index is -3.52. The van der Waals surface area contributed by atoms with E-state index in [1.54, 1.807) is 20.8 Å². The van der Waals surface area contributed by atoms with Crippen LogP contribution in [0, 0.1) is 22.7 Å². The van der Waals surface area contributed by atoms with Crippen molar-refractivity contribution in [2.45, 2.75) is 46.1 Å². The first-order chi connectivity index (χ1) is 9.09. The lowest BCUT2D eigenvalue weighted by Gasteiger charge is -2.35. The Morgan fingerprint density at radius 1 is 1.45 bits per heavy atom. The molecule has 1 rings (SSSR count). The Hall–Kier alpha value is -1.13. The summed E-state index contributed by atoms with van der Waals surface area (Å²) in [5.41, 5.74) is -0.696. The lowest BCUT2D eigenvalue weighted by molar-refractivity contribution is -0.143. The molecule has 6 nitrogen and oxygen atoms in total. The fourth-order valence-corrected chi connectivity index (χ4v) is 4.28. The number of carboxylic acids is 1. The Labute approximate surface area is 120 Å². The van der Waals surface area contributed by atoms with Crippen LogP contribution in [-0.4, -0.2) is 42.1 Å². The average Bonchev–Trinajstić information content (AvgIpc) is 2.37. The molecule has 0 spiro atoms. The second-order valence-electron chi connectivity index (χ2n) is 6.09. The quantitative estimate of drug-likeness (QED) is 0.828. The van der Waals surface area contributed by atoms with Crippen LogP contribution >= 0.6 is 0 Å². The topological polar surface area (TPSA) is 98.5 Å². The second-order valence-corrected chi connectivity index (χ2v) is 8.13. The first kappa shape index (κ1) is 16.9. The number of carbonyl (C=O) groups is 1. The van der Waals surface area contributed by atoms with Gasteiger partial charge in [0.05, 0.1) is 23.2 Å². The molecule has 0 aromatic heterocycles. The van der Waals surface area contributed by atoms with Crippen LogP contribution in [0.2, 0.25) is 0 Å². The van der Waals surface area contributed by atoms with Crippen LogP contribution in [0.1, 0.15) is 40.0 Å². The lowest BCUT2D eigenvalue weighted by atomic mass is 9.93. The molecule has 0 aliphatic carbocycles. The van der Waals surface area contributed by atoms with E-state index in [1.807, 2.05) is 0 Å². The number of nitrogens with zero attached hydrogens (tertiary/aromatic N) is 2. The smallest absolute Gasteiger partial charge is 0.307 e. The number of piperidine rings is 1. The van der Waals surface area contributed by atoms with Crippen molar-refractivity contribution in [3.63, 3.8) is 0 Å². The number of sulfonamides is 1. The third-order valence-electron chi connectivity index (χ3n) is 3.82. The summed E-state index contributed by atoms with van der Waals surface area (Å²) in [5.74, 6) is -1.70. The van der Waals surface area contributed by atoms with Crippen LogP contribution in [0.4, 0.5) is 0 Å². The van der Waals surface area contributed by atoms with Crippen molar-refractivity contribution in [2.75, 3.05) is 12.3 Å². The number of hydrogen-bond acceptors (Lipinski definition) is 4. The van der Waals surface area contributed by atoms with Gasteiger partial charge in [0.1, 0.15) is 0 Å². The summed E-state index contributed by atoms with van der Waals surface area (Å²) < 4.78 is 26.0. The normalized spacial score (nSPS) is 25.1. The Bertz CT molecular complexity index is 507. The Morgan fingerprint density at radius 3 is 2.55 bits per heavy atom. The minimum Gasteiger partial charge on any atom is -0.481 e. The van der Waals surface area contributed by atoms with Gasteiger partial charge in [0.2, 0.25) is 10.0 Å². The van der Waals surface area contributed by atoms with Crippen molar-refractivity contribution in [3.8, 4) is 6.07 Å². The van der Waals surface area contributed by atoms with Gasteiger partial charge < -0.3 is 5.11 Å². The molecule has 0 saturated carbocycles. The molecular weight excluding hydrogens is 280 g/mol. The van der Waals surface area contributed by atoms with Gasteiger partial charge in [0.15, 0.2) is 0 Å². The highest BCUT2D eigenvalue weighted by molar-refractivity contribution is 7.89. The maximum absolute atomic E-state index is 12.4. The Kier molecular flexibility index (Phi) is 5.16. The zero-order chi connectivity index (χ0) is 15.6. The van der Waals surface area contributed by atoms with E-state index in [1.165, 1.54) is 4.31 Å². The second kappa shape index (κ2) is 6.10. The molecule has 0 radical (unpaired) electrons. The third-order valence-corrected chi connectivity index (χ3v) is 5.76. The highest BCUT2D eigenvalue weighted by atomic mass is 32.2. The number of carboxylic acid groups (broad SMARTS) is 1. The summed E-state index contributed by atoms with van der Waals surface area (Å²) >= 11 is 0. The van der Waals surface area contributed by atoms with Crippen LogP contribution in [0.5, 0.6) is 0 Å². The van der Waals surface area contributed by atoms with Crippen molar-refractivity contribution in [1.29, 1.82) is 5.26 Å². The largest absolute Gasteiger partial charge is 0.481 e. The van der Waals surface area contributed by atoms with Gasteiger partial charge in [-0.05, 0) is 40.0 Å². The monoisotopic (exact) mass is 302 g/mol. The third kappa shape index (κ3) is 4.18. The highest BCUT2D eigenvalue weighted by Crippen LogP contribution is 2.27. The predicted octanol–water partition coefficient (Wildman–Crippen LogP) is 1.44. The molecule has 20 heavy (non-hydrogen) atoms. The minimum absolute atomic E-state index is 0.0335. The van der Waals surface area contributed by atoms with Crippen LogP contribution < -0.4 is 0 Å². The van der Waals surface area contributed by atoms with Crippen LogP contribution in [0.3, 0.4) is 0 Å². The van der Waals surface area contributed by atoms with Crippen LogP contribution in [-0.2, 0) is 14.8 Å². The first-order valence-electron chi connectivity index (χ1n) is 6.72. The Balaban J connectivity index is 2.80. The number of nitriles is 1. The fourth-order valence-electron chi connectivity index (χ4n) is 2.22. The standard InChI is InChI=1S/C13H22N2O4S/c1-10-4-5-11(12(16)17)8-15(10)20(18,19)7-6-13(2,3)9-14/h10-11H,4-8H2,1-3H3,(H,16,17). The highest BCUT2D eigenvalue weighted by Gasteiger charge is 2.37. The molecule has 2 atom stereocenters. The summed E-state index contributed by atoms with van der Waals surface area (Å²) in [4.78, 5) is 11.0. The summed E-state index contributed by atoms with van der Waals surface area (Å²) in [6, 6.07) is 1.90. The molecule has 0 amide bonds. The van der Waals surface area contributed by atoms with E-state index < -0.39 is 27.3 Å². The molecule has 0 aromatic rings. The first-order valence-corrected chi connectivity index (χ1v) is 8.33. The van der Waals surface area contributed by atoms with E-state index in [0.717, 1.165) is 0 Å². The zero-order valence-electron chi connectivity index (χ0n) is 12.2. The maximum atomic E-state index is 12.4. The zero-order valence-corrected chi connectivity index (χ0v) is 13.0. The van der Waals surface area contributed by atoms with Crippen LogP contribution in [0.25, 0.3) is 0 Å².